The standard InChI is InChI=1S/C15H16Cl2FNS/c1-8-4-11(5-9(2)14(8)18)7-19-10(3)12-6-13(16)20-15(12)17/h4-6,10,19H,7H2,1-3H3. The van der Waals surface area contributed by atoms with Crippen LogP contribution in [0.2, 0.25) is 8.67 Å². The smallest absolute Gasteiger partial charge is 0.129 e. The first-order valence-electron chi connectivity index (χ1n) is 6.32. The zero-order valence-electron chi connectivity index (χ0n) is 11.6. The van der Waals surface area contributed by atoms with Gasteiger partial charge in [0, 0.05) is 12.6 Å². The average Bonchev–Trinajstić information content (AvgIpc) is 2.72. The van der Waals surface area contributed by atoms with Crippen LogP contribution < -0.4 is 5.32 Å². The summed E-state index contributed by atoms with van der Waals surface area (Å²) in [5.74, 6) is -0.130. The molecule has 0 aliphatic heterocycles. The second-order valence-corrected chi connectivity index (χ2v) is 7.21. The maximum Gasteiger partial charge on any atom is 0.129 e. The third kappa shape index (κ3) is 3.53. The fourth-order valence-corrected chi connectivity index (χ4v) is 3.81. The van der Waals surface area contributed by atoms with Crippen molar-refractivity contribution in [3.63, 3.8) is 0 Å². The molecule has 1 heterocycles. The Morgan fingerprint density at radius 1 is 1.20 bits per heavy atom. The minimum absolute atomic E-state index is 0.0944. The van der Waals surface area contributed by atoms with E-state index < -0.39 is 0 Å². The Hall–Kier alpha value is -0.610. The second kappa shape index (κ2) is 6.44. The SMILES string of the molecule is Cc1cc(CNC(C)c2cc(Cl)sc2Cl)cc(C)c1F. The molecule has 0 saturated carbocycles. The number of rotatable bonds is 4. The van der Waals surface area contributed by atoms with Crippen LogP contribution in [0.5, 0.6) is 0 Å². The summed E-state index contributed by atoms with van der Waals surface area (Å²) in [4.78, 5) is 0. The van der Waals surface area contributed by atoms with E-state index in [4.69, 9.17) is 23.2 Å². The van der Waals surface area contributed by atoms with Crippen LogP contribution in [-0.4, -0.2) is 0 Å². The minimum atomic E-state index is -0.130. The zero-order valence-corrected chi connectivity index (χ0v) is 13.9. The van der Waals surface area contributed by atoms with E-state index in [0.717, 1.165) is 11.1 Å². The van der Waals surface area contributed by atoms with Crippen LogP contribution in [0.3, 0.4) is 0 Å². The van der Waals surface area contributed by atoms with Crippen LogP contribution in [0.4, 0.5) is 4.39 Å². The Balaban J connectivity index is 2.07. The third-order valence-corrected chi connectivity index (χ3v) is 4.78. The van der Waals surface area contributed by atoms with E-state index >= 15 is 0 Å². The van der Waals surface area contributed by atoms with Crippen molar-refractivity contribution in [3.05, 3.63) is 54.9 Å². The number of hydrogen-bond donors (Lipinski definition) is 1. The predicted octanol–water partition coefficient (Wildman–Crippen LogP) is 5.66. The number of benzene rings is 1. The predicted molar refractivity (Wildman–Crippen MR) is 85.5 cm³/mol. The molecule has 0 spiro atoms. The summed E-state index contributed by atoms with van der Waals surface area (Å²) in [6.07, 6.45) is 0. The number of hydrogen-bond acceptors (Lipinski definition) is 2. The van der Waals surface area contributed by atoms with Crippen LogP contribution in [0, 0.1) is 19.7 Å². The van der Waals surface area contributed by atoms with Crippen LogP contribution in [0.25, 0.3) is 0 Å². The van der Waals surface area contributed by atoms with Gasteiger partial charge in [-0.15, -0.1) is 11.3 Å². The lowest BCUT2D eigenvalue weighted by Crippen LogP contribution is -2.18. The molecule has 0 aliphatic carbocycles. The summed E-state index contributed by atoms with van der Waals surface area (Å²) in [6.45, 7) is 6.26. The average molecular weight is 332 g/mol. The van der Waals surface area contributed by atoms with Crippen molar-refractivity contribution in [2.24, 2.45) is 0 Å². The topological polar surface area (TPSA) is 12.0 Å². The highest BCUT2D eigenvalue weighted by molar-refractivity contribution is 7.20. The molecule has 1 nitrogen and oxygen atoms in total. The molecule has 20 heavy (non-hydrogen) atoms. The Morgan fingerprint density at radius 3 is 2.30 bits per heavy atom. The number of aryl methyl sites for hydroxylation is 2. The lowest BCUT2D eigenvalue weighted by Gasteiger charge is -2.14. The molecule has 1 N–H and O–H groups in total. The van der Waals surface area contributed by atoms with Crippen LogP contribution in [0.15, 0.2) is 18.2 Å². The summed E-state index contributed by atoms with van der Waals surface area (Å²) < 4.78 is 15.0. The van der Waals surface area contributed by atoms with E-state index in [-0.39, 0.29) is 11.9 Å². The first-order chi connectivity index (χ1) is 9.38. The molecule has 2 aromatic rings. The van der Waals surface area contributed by atoms with Gasteiger partial charge in [0.05, 0.1) is 8.67 Å². The van der Waals surface area contributed by atoms with Gasteiger partial charge in [-0.3, -0.25) is 0 Å². The van der Waals surface area contributed by atoms with Gasteiger partial charge in [0.15, 0.2) is 0 Å². The largest absolute Gasteiger partial charge is 0.306 e. The zero-order chi connectivity index (χ0) is 14.9. The van der Waals surface area contributed by atoms with Crippen molar-refractivity contribution < 1.29 is 4.39 Å². The molecule has 0 amide bonds. The molecule has 108 valence electrons. The Kier molecular flexibility index (Phi) is 5.08. The summed E-state index contributed by atoms with van der Waals surface area (Å²) in [5.41, 5.74) is 3.40. The van der Waals surface area contributed by atoms with Crippen molar-refractivity contribution in [2.75, 3.05) is 0 Å². The van der Waals surface area contributed by atoms with E-state index in [1.165, 1.54) is 11.3 Å². The van der Waals surface area contributed by atoms with Gasteiger partial charge in [0.2, 0.25) is 0 Å². The van der Waals surface area contributed by atoms with Crippen molar-refractivity contribution in [1.29, 1.82) is 0 Å². The molecule has 1 aromatic carbocycles. The maximum atomic E-state index is 13.6. The number of nitrogens with one attached hydrogen (secondary N) is 1. The van der Waals surface area contributed by atoms with E-state index in [1.54, 1.807) is 13.8 Å². The van der Waals surface area contributed by atoms with Gasteiger partial charge in [-0.1, -0.05) is 35.3 Å². The summed E-state index contributed by atoms with van der Waals surface area (Å²) in [5, 5.41) is 3.38. The van der Waals surface area contributed by atoms with E-state index in [0.29, 0.717) is 26.3 Å². The molecule has 0 fully saturated rings. The lowest BCUT2D eigenvalue weighted by molar-refractivity contribution is 0.572. The molecule has 0 radical (unpaired) electrons. The summed E-state index contributed by atoms with van der Waals surface area (Å²) in [7, 11) is 0. The molecule has 1 atom stereocenters. The number of thiophene rings is 1. The molecule has 1 aromatic heterocycles. The first-order valence-corrected chi connectivity index (χ1v) is 7.89. The first kappa shape index (κ1) is 15.8. The Morgan fingerprint density at radius 2 is 1.80 bits per heavy atom. The molecule has 1 unspecified atom stereocenters. The molecule has 5 heteroatoms. The molecule has 0 saturated heterocycles. The summed E-state index contributed by atoms with van der Waals surface area (Å²) in [6, 6.07) is 5.71. The van der Waals surface area contributed by atoms with Crippen LogP contribution in [0.1, 0.15) is 35.2 Å². The molecule has 2 rings (SSSR count). The van der Waals surface area contributed by atoms with E-state index in [9.17, 15) is 4.39 Å². The molecular formula is C15H16Cl2FNS. The van der Waals surface area contributed by atoms with Crippen molar-refractivity contribution >= 4 is 34.5 Å². The quantitative estimate of drug-likeness (QED) is 0.761. The fourth-order valence-electron chi connectivity index (χ4n) is 2.17. The van der Waals surface area contributed by atoms with Gasteiger partial charge in [0.1, 0.15) is 5.82 Å². The lowest BCUT2D eigenvalue weighted by atomic mass is 10.1. The second-order valence-electron chi connectivity index (χ2n) is 4.93. The van der Waals surface area contributed by atoms with Gasteiger partial charge in [-0.25, -0.2) is 4.39 Å². The Bertz CT molecular complexity index is 601. The maximum absolute atomic E-state index is 13.6. The number of halogens is 3. The van der Waals surface area contributed by atoms with Gasteiger partial charge >= 0.3 is 0 Å². The summed E-state index contributed by atoms with van der Waals surface area (Å²) >= 11 is 13.5. The highest BCUT2D eigenvalue weighted by Gasteiger charge is 2.13. The van der Waals surface area contributed by atoms with Gasteiger partial charge in [-0.05, 0) is 49.1 Å². The van der Waals surface area contributed by atoms with Gasteiger partial charge in [-0.2, -0.15) is 0 Å². The molecule has 0 bridgehead atoms. The van der Waals surface area contributed by atoms with E-state index in [1.807, 2.05) is 25.1 Å². The van der Waals surface area contributed by atoms with Crippen molar-refractivity contribution in [3.8, 4) is 0 Å². The Labute approximate surface area is 132 Å². The molecular weight excluding hydrogens is 316 g/mol. The van der Waals surface area contributed by atoms with E-state index in [2.05, 4.69) is 5.32 Å². The minimum Gasteiger partial charge on any atom is -0.306 e. The fraction of sp³-hybridized carbons (Fsp3) is 0.333. The van der Waals surface area contributed by atoms with Gasteiger partial charge in [0.25, 0.3) is 0 Å². The highest BCUT2D eigenvalue weighted by atomic mass is 35.5. The van der Waals surface area contributed by atoms with Crippen LogP contribution in [-0.2, 0) is 6.54 Å². The monoisotopic (exact) mass is 331 g/mol. The molecule has 0 aliphatic rings. The van der Waals surface area contributed by atoms with Crippen molar-refractivity contribution in [2.45, 2.75) is 33.4 Å². The highest BCUT2D eigenvalue weighted by Crippen LogP contribution is 2.34. The van der Waals surface area contributed by atoms with Gasteiger partial charge < -0.3 is 5.32 Å². The normalized spacial score (nSPS) is 12.7. The van der Waals surface area contributed by atoms with Crippen LogP contribution >= 0.6 is 34.5 Å². The third-order valence-electron chi connectivity index (χ3n) is 3.26. The van der Waals surface area contributed by atoms with Crippen molar-refractivity contribution in [1.82, 2.24) is 5.32 Å².